The van der Waals surface area contributed by atoms with Gasteiger partial charge in [-0.15, -0.1) is 0 Å². The standard InChI is InChI=1S/C14H13FO/c1-11(12-6-3-2-4-7-12)16-14-9-5-8-13(15)10-14/h2-11H,1H3. The van der Waals surface area contributed by atoms with Crippen LogP contribution in [0.3, 0.4) is 0 Å². The van der Waals surface area contributed by atoms with Crippen LogP contribution in [0.15, 0.2) is 54.6 Å². The van der Waals surface area contributed by atoms with Crippen LogP contribution in [0.5, 0.6) is 5.75 Å². The third kappa shape index (κ3) is 2.60. The molecule has 0 radical (unpaired) electrons. The van der Waals surface area contributed by atoms with Gasteiger partial charge in [-0.3, -0.25) is 0 Å². The highest BCUT2D eigenvalue weighted by molar-refractivity contribution is 5.25. The summed E-state index contributed by atoms with van der Waals surface area (Å²) >= 11 is 0. The predicted octanol–water partition coefficient (Wildman–Crippen LogP) is 3.97. The minimum absolute atomic E-state index is 0.0806. The van der Waals surface area contributed by atoms with Gasteiger partial charge in [-0.05, 0) is 24.6 Å². The molecule has 0 saturated heterocycles. The lowest BCUT2D eigenvalue weighted by Gasteiger charge is -2.14. The molecule has 0 aliphatic heterocycles. The van der Waals surface area contributed by atoms with E-state index in [4.69, 9.17) is 4.74 Å². The van der Waals surface area contributed by atoms with Crippen molar-refractivity contribution in [2.75, 3.05) is 0 Å². The molecule has 2 heteroatoms. The van der Waals surface area contributed by atoms with E-state index < -0.39 is 0 Å². The highest BCUT2D eigenvalue weighted by Crippen LogP contribution is 2.21. The second-order valence-electron chi connectivity index (χ2n) is 3.63. The molecule has 0 bridgehead atoms. The van der Waals surface area contributed by atoms with E-state index in [-0.39, 0.29) is 11.9 Å². The SMILES string of the molecule is CC(Oc1cccc(F)c1)c1ccccc1. The molecule has 1 atom stereocenters. The zero-order valence-electron chi connectivity index (χ0n) is 9.06. The minimum Gasteiger partial charge on any atom is -0.486 e. The summed E-state index contributed by atoms with van der Waals surface area (Å²) in [4.78, 5) is 0. The normalized spacial score (nSPS) is 12.1. The summed E-state index contributed by atoms with van der Waals surface area (Å²) in [6.45, 7) is 1.94. The Labute approximate surface area is 94.5 Å². The molecule has 2 aromatic rings. The lowest BCUT2D eigenvalue weighted by molar-refractivity contribution is 0.226. The molecule has 82 valence electrons. The topological polar surface area (TPSA) is 9.23 Å². The van der Waals surface area contributed by atoms with Gasteiger partial charge >= 0.3 is 0 Å². The largest absolute Gasteiger partial charge is 0.486 e. The molecule has 2 aromatic carbocycles. The molecule has 0 aliphatic carbocycles. The summed E-state index contributed by atoms with van der Waals surface area (Å²) in [5.74, 6) is 0.272. The zero-order chi connectivity index (χ0) is 11.4. The highest BCUT2D eigenvalue weighted by atomic mass is 19.1. The number of hydrogen-bond acceptors (Lipinski definition) is 1. The van der Waals surface area contributed by atoms with Crippen LogP contribution in [0.25, 0.3) is 0 Å². The van der Waals surface area contributed by atoms with Gasteiger partial charge in [-0.2, -0.15) is 0 Å². The molecular weight excluding hydrogens is 203 g/mol. The Morgan fingerprint density at radius 3 is 2.44 bits per heavy atom. The van der Waals surface area contributed by atoms with Gasteiger partial charge < -0.3 is 4.74 Å². The lowest BCUT2D eigenvalue weighted by Crippen LogP contribution is -2.02. The van der Waals surface area contributed by atoms with E-state index in [0.29, 0.717) is 5.75 Å². The van der Waals surface area contributed by atoms with Gasteiger partial charge in [0, 0.05) is 6.07 Å². The van der Waals surface area contributed by atoms with Gasteiger partial charge in [-0.1, -0.05) is 36.4 Å². The van der Waals surface area contributed by atoms with Crippen LogP contribution in [0, 0.1) is 5.82 Å². The Morgan fingerprint density at radius 1 is 1.00 bits per heavy atom. The zero-order valence-corrected chi connectivity index (χ0v) is 9.06. The van der Waals surface area contributed by atoms with Crippen molar-refractivity contribution in [1.29, 1.82) is 0 Å². The summed E-state index contributed by atoms with van der Waals surface area (Å²) in [7, 11) is 0. The van der Waals surface area contributed by atoms with Crippen LogP contribution < -0.4 is 4.74 Å². The number of hydrogen-bond donors (Lipinski definition) is 0. The third-order valence-corrected chi connectivity index (χ3v) is 2.38. The van der Waals surface area contributed by atoms with Crippen molar-refractivity contribution >= 4 is 0 Å². The third-order valence-electron chi connectivity index (χ3n) is 2.38. The van der Waals surface area contributed by atoms with E-state index in [2.05, 4.69) is 0 Å². The van der Waals surface area contributed by atoms with Crippen molar-refractivity contribution in [3.05, 3.63) is 66.0 Å². The Hall–Kier alpha value is -1.83. The van der Waals surface area contributed by atoms with Gasteiger partial charge in [-0.25, -0.2) is 4.39 Å². The quantitative estimate of drug-likeness (QED) is 0.754. The maximum absolute atomic E-state index is 12.9. The maximum atomic E-state index is 12.9. The van der Waals surface area contributed by atoms with Gasteiger partial charge in [0.2, 0.25) is 0 Å². The molecule has 0 aromatic heterocycles. The van der Waals surface area contributed by atoms with E-state index in [1.54, 1.807) is 12.1 Å². The summed E-state index contributed by atoms with van der Waals surface area (Å²) in [6, 6.07) is 16.0. The second kappa shape index (κ2) is 4.79. The molecule has 0 spiro atoms. The molecular formula is C14H13FO. The first kappa shape index (κ1) is 10.7. The molecule has 0 heterocycles. The summed E-state index contributed by atoms with van der Waals surface area (Å²) in [5.41, 5.74) is 1.08. The molecule has 0 fully saturated rings. The fraction of sp³-hybridized carbons (Fsp3) is 0.143. The monoisotopic (exact) mass is 216 g/mol. The van der Waals surface area contributed by atoms with Crippen LogP contribution in [0.1, 0.15) is 18.6 Å². The molecule has 0 N–H and O–H groups in total. The van der Waals surface area contributed by atoms with Gasteiger partial charge in [0.25, 0.3) is 0 Å². The first-order chi connectivity index (χ1) is 7.75. The van der Waals surface area contributed by atoms with Crippen molar-refractivity contribution < 1.29 is 9.13 Å². The lowest BCUT2D eigenvalue weighted by atomic mass is 10.1. The van der Waals surface area contributed by atoms with Crippen LogP contribution in [-0.2, 0) is 0 Å². The van der Waals surface area contributed by atoms with Crippen molar-refractivity contribution in [1.82, 2.24) is 0 Å². The van der Waals surface area contributed by atoms with E-state index in [9.17, 15) is 4.39 Å². The fourth-order valence-corrected chi connectivity index (χ4v) is 1.54. The van der Waals surface area contributed by atoms with Crippen LogP contribution >= 0.6 is 0 Å². The molecule has 0 amide bonds. The minimum atomic E-state index is -0.280. The Balaban J connectivity index is 2.11. The molecule has 0 saturated carbocycles. The number of benzene rings is 2. The van der Waals surface area contributed by atoms with Crippen molar-refractivity contribution in [2.24, 2.45) is 0 Å². The number of rotatable bonds is 3. The van der Waals surface area contributed by atoms with Crippen molar-refractivity contribution in [2.45, 2.75) is 13.0 Å². The Kier molecular flexibility index (Phi) is 3.20. The smallest absolute Gasteiger partial charge is 0.126 e. The fourth-order valence-electron chi connectivity index (χ4n) is 1.54. The van der Waals surface area contributed by atoms with Gasteiger partial charge in [0.15, 0.2) is 0 Å². The van der Waals surface area contributed by atoms with Crippen molar-refractivity contribution in [3.8, 4) is 5.75 Å². The predicted molar refractivity (Wildman–Crippen MR) is 61.9 cm³/mol. The van der Waals surface area contributed by atoms with Gasteiger partial charge in [0.05, 0.1) is 0 Å². The van der Waals surface area contributed by atoms with Crippen LogP contribution in [0.4, 0.5) is 4.39 Å². The van der Waals surface area contributed by atoms with Crippen molar-refractivity contribution in [3.63, 3.8) is 0 Å². The highest BCUT2D eigenvalue weighted by Gasteiger charge is 2.06. The first-order valence-electron chi connectivity index (χ1n) is 5.23. The Bertz CT molecular complexity index is 453. The number of ether oxygens (including phenoxy) is 1. The molecule has 1 nitrogen and oxygen atoms in total. The van der Waals surface area contributed by atoms with E-state index in [1.165, 1.54) is 12.1 Å². The first-order valence-corrected chi connectivity index (χ1v) is 5.23. The van der Waals surface area contributed by atoms with E-state index in [0.717, 1.165) is 5.56 Å². The maximum Gasteiger partial charge on any atom is 0.126 e. The van der Waals surface area contributed by atoms with Gasteiger partial charge in [0.1, 0.15) is 17.7 Å². The molecule has 0 aliphatic rings. The van der Waals surface area contributed by atoms with E-state index >= 15 is 0 Å². The summed E-state index contributed by atoms with van der Waals surface area (Å²) in [6.07, 6.45) is -0.0806. The average Bonchev–Trinajstić information content (AvgIpc) is 2.30. The summed E-state index contributed by atoms with van der Waals surface area (Å²) < 4.78 is 18.6. The molecule has 2 rings (SSSR count). The second-order valence-corrected chi connectivity index (χ2v) is 3.63. The van der Waals surface area contributed by atoms with Crippen LogP contribution in [0.2, 0.25) is 0 Å². The molecule has 1 unspecified atom stereocenters. The van der Waals surface area contributed by atoms with Crippen LogP contribution in [-0.4, -0.2) is 0 Å². The molecule has 16 heavy (non-hydrogen) atoms. The number of halogens is 1. The van der Waals surface area contributed by atoms with E-state index in [1.807, 2.05) is 37.3 Å². The Morgan fingerprint density at radius 2 is 1.75 bits per heavy atom. The average molecular weight is 216 g/mol. The summed E-state index contributed by atoms with van der Waals surface area (Å²) in [5, 5.41) is 0.